The van der Waals surface area contributed by atoms with E-state index in [2.05, 4.69) is 22.0 Å². The van der Waals surface area contributed by atoms with E-state index in [0.717, 1.165) is 41.4 Å². The summed E-state index contributed by atoms with van der Waals surface area (Å²) in [7, 11) is 0. The number of fused-ring (bicyclic) bond motifs is 1. The molecule has 5 heteroatoms. The van der Waals surface area contributed by atoms with Crippen molar-refractivity contribution in [3.8, 4) is 11.5 Å². The Kier molecular flexibility index (Phi) is 4.01. The molecule has 0 spiro atoms. The van der Waals surface area contributed by atoms with Gasteiger partial charge in [0.15, 0.2) is 11.5 Å². The van der Waals surface area contributed by atoms with E-state index in [-0.39, 0.29) is 0 Å². The smallest absolute Gasteiger partial charge is 0.162 e. The van der Waals surface area contributed by atoms with Gasteiger partial charge in [0, 0.05) is 22.1 Å². The fourth-order valence-electron chi connectivity index (χ4n) is 2.07. The second-order valence-electron chi connectivity index (χ2n) is 4.38. The van der Waals surface area contributed by atoms with E-state index in [4.69, 9.17) is 14.2 Å². The Morgan fingerprint density at radius 2 is 1.94 bits per heavy atom. The molecule has 1 fully saturated rings. The third kappa shape index (κ3) is 2.78. The fraction of sp³-hybridized carbons (Fsp3) is 0.538. The minimum absolute atomic E-state index is 0.630. The van der Waals surface area contributed by atoms with Crippen LogP contribution in [0.1, 0.15) is 12.0 Å². The van der Waals surface area contributed by atoms with Crippen LogP contribution < -0.4 is 9.47 Å². The van der Waals surface area contributed by atoms with Gasteiger partial charge in [-0.25, -0.2) is 0 Å². The van der Waals surface area contributed by atoms with Crippen LogP contribution in [-0.2, 0) is 10.5 Å². The van der Waals surface area contributed by atoms with Crippen molar-refractivity contribution in [2.75, 3.05) is 26.4 Å². The van der Waals surface area contributed by atoms with Crippen LogP contribution in [0.5, 0.6) is 11.5 Å². The molecule has 0 radical (unpaired) electrons. The Labute approximate surface area is 119 Å². The van der Waals surface area contributed by atoms with Crippen molar-refractivity contribution in [3.05, 3.63) is 22.2 Å². The molecule has 3 rings (SSSR count). The maximum atomic E-state index is 5.61. The molecule has 1 aromatic rings. The summed E-state index contributed by atoms with van der Waals surface area (Å²) in [5.41, 5.74) is 1.26. The van der Waals surface area contributed by atoms with Gasteiger partial charge in [-0.2, -0.15) is 11.8 Å². The van der Waals surface area contributed by atoms with E-state index in [1.165, 1.54) is 5.56 Å². The highest BCUT2D eigenvalue weighted by Crippen LogP contribution is 2.37. The van der Waals surface area contributed by atoms with Gasteiger partial charge in [-0.15, -0.1) is 0 Å². The summed E-state index contributed by atoms with van der Waals surface area (Å²) in [4.78, 5) is 0. The standard InChI is InChI=1S/C13H15BrO3S/c14-11-6-13-12(16-3-4-17-13)5-9(11)8-18-10-1-2-15-7-10/h5-6,10H,1-4,7-8H2. The SMILES string of the molecule is Brc1cc2c(cc1CSC1CCOC1)OCCO2. The Balaban J connectivity index is 1.70. The van der Waals surface area contributed by atoms with Crippen molar-refractivity contribution in [1.29, 1.82) is 0 Å². The lowest BCUT2D eigenvalue weighted by atomic mass is 10.2. The van der Waals surface area contributed by atoms with Crippen molar-refractivity contribution < 1.29 is 14.2 Å². The maximum absolute atomic E-state index is 5.61. The zero-order valence-corrected chi connectivity index (χ0v) is 12.4. The molecule has 0 bridgehead atoms. The van der Waals surface area contributed by atoms with Crippen molar-refractivity contribution >= 4 is 27.7 Å². The molecule has 98 valence electrons. The predicted molar refractivity (Wildman–Crippen MR) is 75.7 cm³/mol. The Morgan fingerprint density at radius 1 is 1.17 bits per heavy atom. The van der Waals surface area contributed by atoms with Crippen LogP contribution in [-0.4, -0.2) is 31.7 Å². The lowest BCUT2D eigenvalue weighted by Crippen LogP contribution is -2.15. The van der Waals surface area contributed by atoms with E-state index in [9.17, 15) is 0 Å². The molecule has 0 amide bonds. The summed E-state index contributed by atoms with van der Waals surface area (Å²) in [5.74, 6) is 2.68. The average Bonchev–Trinajstić information content (AvgIpc) is 2.89. The minimum Gasteiger partial charge on any atom is -0.486 e. The number of thioether (sulfide) groups is 1. The monoisotopic (exact) mass is 330 g/mol. The first-order chi connectivity index (χ1) is 8.83. The largest absolute Gasteiger partial charge is 0.486 e. The Morgan fingerprint density at radius 3 is 2.67 bits per heavy atom. The van der Waals surface area contributed by atoms with Gasteiger partial charge in [-0.1, -0.05) is 15.9 Å². The number of halogens is 1. The van der Waals surface area contributed by atoms with E-state index >= 15 is 0 Å². The summed E-state index contributed by atoms with van der Waals surface area (Å²) >= 11 is 5.56. The molecule has 0 aromatic heterocycles. The van der Waals surface area contributed by atoms with Gasteiger partial charge in [0.2, 0.25) is 0 Å². The van der Waals surface area contributed by atoms with Crippen molar-refractivity contribution in [3.63, 3.8) is 0 Å². The zero-order valence-electron chi connectivity index (χ0n) is 9.99. The van der Waals surface area contributed by atoms with Gasteiger partial charge < -0.3 is 14.2 Å². The van der Waals surface area contributed by atoms with E-state index in [1.54, 1.807) is 0 Å². The lowest BCUT2D eigenvalue weighted by molar-refractivity contribution is 0.171. The molecule has 0 aliphatic carbocycles. The second kappa shape index (κ2) is 5.72. The molecule has 1 aromatic carbocycles. The normalized spacial score (nSPS) is 22.2. The highest BCUT2D eigenvalue weighted by Gasteiger charge is 2.18. The third-order valence-electron chi connectivity index (χ3n) is 3.07. The van der Waals surface area contributed by atoms with Crippen LogP contribution in [0.3, 0.4) is 0 Å². The molecule has 0 saturated carbocycles. The summed E-state index contributed by atoms with van der Waals surface area (Å²) in [6.45, 7) is 3.05. The first-order valence-electron chi connectivity index (χ1n) is 6.10. The second-order valence-corrected chi connectivity index (χ2v) is 6.53. The maximum Gasteiger partial charge on any atom is 0.162 e. The first-order valence-corrected chi connectivity index (χ1v) is 7.94. The van der Waals surface area contributed by atoms with Crippen LogP contribution in [0.2, 0.25) is 0 Å². The van der Waals surface area contributed by atoms with Gasteiger partial charge >= 0.3 is 0 Å². The predicted octanol–water partition coefficient (Wildman–Crippen LogP) is 3.24. The van der Waals surface area contributed by atoms with Crippen LogP contribution in [0.25, 0.3) is 0 Å². The van der Waals surface area contributed by atoms with Crippen molar-refractivity contribution in [2.45, 2.75) is 17.4 Å². The number of ether oxygens (including phenoxy) is 3. The van der Waals surface area contributed by atoms with Crippen LogP contribution in [0.15, 0.2) is 16.6 Å². The summed E-state index contributed by atoms with van der Waals surface area (Å²) < 4.78 is 17.7. The summed E-state index contributed by atoms with van der Waals surface area (Å²) in [5, 5.41) is 0.630. The molecule has 2 aliphatic rings. The number of rotatable bonds is 3. The summed E-state index contributed by atoms with van der Waals surface area (Å²) in [6.07, 6.45) is 1.16. The van der Waals surface area contributed by atoms with Gasteiger partial charge in [0.25, 0.3) is 0 Å². The number of benzene rings is 1. The molecule has 1 unspecified atom stereocenters. The van der Waals surface area contributed by atoms with E-state index in [0.29, 0.717) is 18.5 Å². The Bertz CT molecular complexity index is 432. The molecule has 0 N–H and O–H groups in total. The summed E-state index contributed by atoms with van der Waals surface area (Å²) in [6, 6.07) is 4.09. The van der Waals surface area contributed by atoms with Crippen LogP contribution in [0, 0.1) is 0 Å². The van der Waals surface area contributed by atoms with Crippen molar-refractivity contribution in [1.82, 2.24) is 0 Å². The quantitative estimate of drug-likeness (QED) is 0.850. The topological polar surface area (TPSA) is 27.7 Å². The van der Waals surface area contributed by atoms with Crippen LogP contribution in [0.4, 0.5) is 0 Å². The van der Waals surface area contributed by atoms with Gasteiger partial charge in [-0.05, 0) is 24.1 Å². The van der Waals surface area contributed by atoms with E-state index in [1.807, 2.05) is 17.8 Å². The molecule has 1 saturated heterocycles. The third-order valence-corrected chi connectivity index (χ3v) is 5.13. The zero-order chi connectivity index (χ0) is 12.4. The van der Waals surface area contributed by atoms with Gasteiger partial charge in [0.1, 0.15) is 13.2 Å². The molecule has 3 nitrogen and oxygen atoms in total. The van der Waals surface area contributed by atoms with Crippen LogP contribution >= 0.6 is 27.7 Å². The van der Waals surface area contributed by atoms with E-state index < -0.39 is 0 Å². The highest BCUT2D eigenvalue weighted by molar-refractivity contribution is 9.10. The number of hydrogen-bond acceptors (Lipinski definition) is 4. The molecule has 2 heterocycles. The fourth-order valence-corrected chi connectivity index (χ4v) is 3.83. The molecule has 2 aliphatic heterocycles. The average molecular weight is 331 g/mol. The highest BCUT2D eigenvalue weighted by atomic mass is 79.9. The first kappa shape index (κ1) is 12.6. The molecule has 1 atom stereocenters. The lowest BCUT2D eigenvalue weighted by Gasteiger charge is -2.20. The van der Waals surface area contributed by atoms with Crippen molar-refractivity contribution in [2.24, 2.45) is 0 Å². The van der Waals surface area contributed by atoms with Gasteiger partial charge in [0.05, 0.1) is 6.61 Å². The Hall–Kier alpha value is -0.390. The molecular weight excluding hydrogens is 316 g/mol. The molecular formula is C13H15BrO3S. The minimum atomic E-state index is 0.630. The molecule has 18 heavy (non-hydrogen) atoms. The number of hydrogen-bond donors (Lipinski definition) is 0. The van der Waals surface area contributed by atoms with Gasteiger partial charge in [-0.3, -0.25) is 0 Å².